The van der Waals surface area contributed by atoms with E-state index in [1.807, 2.05) is 18.2 Å². The van der Waals surface area contributed by atoms with Crippen molar-refractivity contribution in [2.75, 3.05) is 25.2 Å². The Morgan fingerprint density at radius 1 is 1.45 bits per heavy atom. The Hall–Kier alpha value is -1.33. The summed E-state index contributed by atoms with van der Waals surface area (Å²) in [5.74, 6) is -0.940. The van der Waals surface area contributed by atoms with Crippen molar-refractivity contribution in [3.8, 4) is 0 Å². The van der Waals surface area contributed by atoms with Gasteiger partial charge in [-0.2, -0.15) is 0 Å². The molecule has 20 heavy (non-hydrogen) atoms. The fourth-order valence-corrected chi connectivity index (χ4v) is 2.79. The maximum absolute atomic E-state index is 10.7. The summed E-state index contributed by atoms with van der Waals surface area (Å²) < 4.78 is 6.32. The van der Waals surface area contributed by atoms with E-state index in [1.165, 1.54) is 6.08 Å². The molecule has 0 aromatic heterocycles. The first-order valence-corrected chi connectivity index (χ1v) is 7.38. The third kappa shape index (κ3) is 3.84. The van der Waals surface area contributed by atoms with Crippen LogP contribution in [-0.4, -0.2) is 37.4 Å². The Labute approximate surface area is 127 Å². The third-order valence-corrected chi connectivity index (χ3v) is 4.01. The molecular formula is C15H18BrNO3. The summed E-state index contributed by atoms with van der Waals surface area (Å²) in [5.41, 5.74) is 1.94. The number of benzene rings is 1. The zero-order valence-electron chi connectivity index (χ0n) is 11.4. The number of hydrogen-bond acceptors (Lipinski definition) is 3. The maximum atomic E-state index is 10.7. The van der Waals surface area contributed by atoms with Gasteiger partial charge < -0.3 is 14.7 Å². The van der Waals surface area contributed by atoms with E-state index in [4.69, 9.17) is 9.84 Å². The average Bonchev–Trinajstić information content (AvgIpc) is 2.45. The average molecular weight is 340 g/mol. The van der Waals surface area contributed by atoms with Crippen LogP contribution in [0.5, 0.6) is 0 Å². The Balaban J connectivity index is 2.27. The number of rotatable bonds is 4. The SMILES string of the molecule is CN(c1ccc(Br)cc1/C=C/C(=O)O)C1CCOCC1. The fraction of sp³-hybridized carbons (Fsp3) is 0.400. The van der Waals surface area contributed by atoms with Gasteiger partial charge >= 0.3 is 5.97 Å². The van der Waals surface area contributed by atoms with Crippen LogP contribution in [0.25, 0.3) is 6.08 Å². The molecule has 2 rings (SSSR count). The number of halogens is 1. The van der Waals surface area contributed by atoms with Crippen molar-refractivity contribution in [3.63, 3.8) is 0 Å². The molecule has 0 amide bonds. The van der Waals surface area contributed by atoms with Crippen LogP contribution in [0.3, 0.4) is 0 Å². The van der Waals surface area contributed by atoms with Crippen molar-refractivity contribution < 1.29 is 14.6 Å². The van der Waals surface area contributed by atoms with Gasteiger partial charge in [0.05, 0.1) is 0 Å². The molecule has 1 saturated heterocycles. The molecule has 4 nitrogen and oxygen atoms in total. The summed E-state index contributed by atoms with van der Waals surface area (Å²) in [5, 5.41) is 8.79. The second-order valence-electron chi connectivity index (χ2n) is 4.83. The van der Waals surface area contributed by atoms with Crippen LogP contribution in [0.4, 0.5) is 5.69 Å². The van der Waals surface area contributed by atoms with Crippen molar-refractivity contribution in [3.05, 3.63) is 34.3 Å². The van der Waals surface area contributed by atoms with E-state index in [0.29, 0.717) is 6.04 Å². The van der Waals surface area contributed by atoms with Gasteiger partial charge in [-0.3, -0.25) is 0 Å². The van der Waals surface area contributed by atoms with Gasteiger partial charge in [-0.25, -0.2) is 4.79 Å². The molecule has 0 spiro atoms. The minimum absolute atomic E-state index is 0.432. The minimum Gasteiger partial charge on any atom is -0.478 e. The summed E-state index contributed by atoms with van der Waals surface area (Å²) in [6.45, 7) is 1.57. The van der Waals surface area contributed by atoms with Crippen molar-refractivity contribution in [1.82, 2.24) is 0 Å². The first kappa shape index (κ1) is 15.1. The van der Waals surface area contributed by atoms with Crippen LogP contribution in [0.15, 0.2) is 28.7 Å². The highest BCUT2D eigenvalue weighted by molar-refractivity contribution is 9.10. The van der Waals surface area contributed by atoms with Gasteiger partial charge in [0.2, 0.25) is 0 Å². The van der Waals surface area contributed by atoms with Crippen LogP contribution in [0.1, 0.15) is 18.4 Å². The van der Waals surface area contributed by atoms with Gasteiger partial charge in [0.25, 0.3) is 0 Å². The number of carboxylic acid groups (broad SMARTS) is 1. The largest absolute Gasteiger partial charge is 0.478 e. The molecule has 1 fully saturated rings. The highest BCUT2D eigenvalue weighted by Crippen LogP contribution is 2.28. The van der Waals surface area contributed by atoms with Crippen molar-refractivity contribution in [2.24, 2.45) is 0 Å². The molecule has 1 N–H and O–H groups in total. The number of carboxylic acids is 1. The van der Waals surface area contributed by atoms with Crippen molar-refractivity contribution in [1.29, 1.82) is 0 Å². The van der Waals surface area contributed by atoms with Gasteiger partial charge in [-0.05, 0) is 42.7 Å². The molecule has 108 valence electrons. The number of aliphatic carboxylic acids is 1. The molecule has 1 aromatic carbocycles. The predicted octanol–water partition coefficient (Wildman–Crippen LogP) is 3.16. The summed E-state index contributed by atoms with van der Waals surface area (Å²) in [6.07, 6.45) is 4.80. The molecule has 0 saturated carbocycles. The number of carbonyl (C=O) groups is 1. The van der Waals surface area contributed by atoms with E-state index in [-0.39, 0.29) is 0 Å². The second-order valence-corrected chi connectivity index (χ2v) is 5.74. The van der Waals surface area contributed by atoms with Gasteiger partial charge in [-0.1, -0.05) is 15.9 Å². The van der Waals surface area contributed by atoms with Crippen LogP contribution in [0, 0.1) is 0 Å². The zero-order chi connectivity index (χ0) is 14.5. The minimum atomic E-state index is -0.940. The molecule has 1 aromatic rings. The smallest absolute Gasteiger partial charge is 0.328 e. The van der Waals surface area contributed by atoms with Gasteiger partial charge in [0.1, 0.15) is 0 Å². The molecule has 0 atom stereocenters. The van der Waals surface area contributed by atoms with Crippen molar-refractivity contribution >= 4 is 33.7 Å². The van der Waals surface area contributed by atoms with Crippen LogP contribution < -0.4 is 4.90 Å². The van der Waals surface area contributed by atoms with Gasteiger partial charge in [0.15, 0.2) is 0 Å². The van der Waals surface area contributed by atoms with Gasteiger partial charge in [0, 0.05) is 42.5 Å². The normalized spacial score (nSPS) is 16.5. The molecule has 5 heteroatoms. The lowest BCUT2D eigenvalue weighted by Crippen LogP contribution is -2.37. The molecule has 0 unspecified atom stereocenters. The number of nitrogens with zero attached hydrogens (tertiary/aromatic N) is 1. The predicted molar refractivity (Wildman–Crippen MR) is 83.1 cm³/mol. The van der Waals surface area contributed by atoms with E-state index >= 15 is 0 Å². The lowest BCUT2D eigenvalue weighted by Gasteiger charge is -2.34. The summed E-state index contributed by atoms with van der Waals surface area (Å²) >= 11 is 3.43. The monoisotopic (exact) mass is 339 g/mol. The highest BCUT2D eigenvalue weighted by Gasteiger charge is 2.20. The number of hydrogen-bond donors (Lipinski definition) is 1. The van der Waals surface area contributed by atoms with E-state index < -0.39 is 5.97 Å². The first-order chi connectivity index (χ1) is 9.58. The Morgan fingerprint density at radius 3 is 2.80 bits per heavy atom. The molecule has 0 aliphatic carbocycles. The van der Waals surface area contributed by atoms with Crippen LogP contribution in [0.2, 0.25) is 0 Å². The summed E-state index contributed by atoms with van der Waals surface area (Å²) in [6, 6.07) is 6.36. The fourth-order valence-electron chi connectivity index (χ4n) is 2.41. The van der Waals surface area contributed by atoms with E-state index in [9.17, 15) is 4.79 Å². The van der Waals surface area contributed by atoms with E-state index in [0.717, 1.165) is 41.8 Å². The topological polar surface area (TPSA) is 49.8 Å². The van der Waals surface area contributed by atoms with Crippen LogP contribution >= 0.6 is 15.9 Å². The highest BCUT2D eigenvalue weighted by atomic mass is 79.9. The Morgan fingerprint density at radius 2 is 2.15 bits per heavy atom. The standard InChI is InChI=1S/C15H18BrNO3/c1-17(13-6-8-20-9-7-13)14-4-3-12(16)10-11(14)2-5-15(18)19/h2-5,10,13H,6-9H2,1H3,(H,18,19)/b5-2+. The summed E-state index contributed by atoms with van der Waals surface area (Å²) in [7, 11) is 2.05. The van der Waals surface area contributed by atoms with Crippen molar-refractivity contribution in [2.45, 2.75) is 18.9 Å². The van der Waals surface area contributed by atoms with E-state index in [2.05, 4.69) is 27.9 Å². The number of anilines is 1. The Kier molecular flexibility index (Phi) is 5.20. The summed E-state index contributed by atoms with van der Waals surface area (Å²) in [4.78, 5) is 12.9. The molecule has 1 aliphatic heterocycles. The first-order valence-electron chi connectivity index (χ1n) is 6.59. The van der Waals surface area contributed by atoms with Gasteiger partial charge in [-0.15, -0.1) is 0 Å². The maximum Gasteiger partial charge on any atom is 0.328 e. The molecule has 0 radical (unpaired) electrons. The molecule has 1 heterocycles. The third-order valence-electron chi connectivity index (χ3n) is 3.51. The lowest BCUT2D eigenvalue weighted by atomic mass is 10.0. The van der Waals surface area contributed by atoms with E-state index in [1.54, 1.807) is 6.08 Å². The molecular weight excluding hydrogens is 322 g/mol. The Bertz CT molecular complexity index is 510. The lowest BCUT2D eigenvalue weighted by molar-refractivity contribution is -0.131. The molecule has 0 bridgehead atoms. The number of ether oxygens (including phenoxy) is 1. The zero-order valence-corrected chi connectivity index (χ0v) is 13.0. The second kappa shape index (κ2) is 6.90. The van der Waals surface area contributed by atoms with Crippen LogP contribution in [-0.2, 0) is 9.53 Å². The quantitative estimate of drug-likeness (QED) is 0.856. The molecule has 1 aliphatic rings.